The summed E-state index contributed by atoms with van der Waals surface area (Å²) in [6.07, 6.45) is 0. The standard InChI is InChI=1S/C19H22N2O6S/c1-13(14-7-8-17-18(12-14)27-10-9-26-17)20-19(22)15-5-4-6-16(11-15)28(23,24)21(2)25-3/h4-8,11-13H,9-10H2,1-3H3,(H,20,22). The summed E-state index contributed by atoms with van der Waals surface area (Å²) < 4.78 is 36.5. The van der Waals surface area contributed by atoms with Gasteiger partial charge < -0.3 is 14.8 Å². The van der Waals surface area contributed by atoms with Crippen molar-refractivity contribution in [2.45, 2.75) is 17.9 Å². The summed E-state index contributed by atoms with van der Waals surface area (Å²) in [6, 6.07) is 11.0. The van der Waals surface area contributed by atoms with Gasteiger partial charge in [-0.1, -0.05) is 16.6 Å². The maximum Gasteiger partial charge on any atom is 0.264 e. The van der Waals surface area contributed by atoms with Gasteiger partial charge in [0.05, 0.1) is 18.0 Å². The molecule has 8 nitrogen and oxygen atoms in total. The number of hydrogen-bond acceptors (Lipinski definition) is 6. The van der Waals surface area contributed by atoms with Crippen LogP contribution in [0.1, 0.15) is 28.9 Å². The minimum atomic E-state index is -3.84. The molecule has 0 saturated heterocycles. The number of sulfonamides is 1. The van der Waals surface area contributed by atoms with Crippen LogP contribution in [0.3, 0.4) is 0 Å². The molecule has 0 bridgehead atoms. The van der Waals surface area contributed by atoms with E-state index in [1.807, 2.05) is 19.1 Å². The van der Waals surface area contributed by atoms with E-state index in [4.69, 9.17) is 14.3 Å². The van der Waals surface area contributed by atoms with Gasteiger partial charge in [0.1, 0.15) is 13.2 Å². The molecule has 0 radical (unpaired) electrons. The fourth-order valence-corrected chi connectivity index (χ4v) is 3.76. The van der Waals surface area contributed by atoms with Crippen LogP contribution in [0.25, 0.3) is 0 Å². The lowest BCUT2D eigenvalue weighted by molar-refractivity contribution is -0.0258. The van der Waals surface area contributed by atoms with Gasteiger partial charge in [-0.05, 0) is 42.8 Å². The summed E-state index contributed by atoms with van der Waals surface area (Å²) in [6.45, 7) is 2.83. The van der Waals surface area contributed by atoms with Crippen LogP contribution >= 0.6 is 0 Å². The second kappa shape index (κ2) is 8.17. The number of rotatable bonds is 6. The van der Waals surface area contributed by atoms with E-state index < -0.39 is 10.0 Å². The lowest BCUT2D eigenvalue weighted by Crippen LogP contribution is -2.28. The average molecular weight is 406 g/mol. The second-order valence-electron chi connectivity index (χ2n) is 6.22. The first-order chi connectivity index (χ1) is 13.3. The molecule has 0 fully saturated rings. The third kappa shape index (κ3) is 4.11. The topological polar surface area (TPSA) is 94.2 Å². The van der Waals surface area contributed by atoms with Crippen LogP contribution in [-0.2, 0) is 14.9 Å². The summed E-state index contributed by atoms with van der Waals surface area (Å²) in [5.74, 6) is 0.925. The molecular weight excluding hydrogens is 384 g/mol. The van der Waals surface area contributed by atoms with E-state index in [0.717, 1.165) is 10.0 Å². The molecule has 1 atom stereocenters. The number of ether oxygens (including phenoxy) is 2. The number of nitrogens with zero attached hydrogens (tertiary/aromatic N) is 1. The second-order valence-corrected chi connectivity index (χ2v) is 8.16. The molecule has 3 rings (SSSR count). The number of carbonyl (C=O) groups is 1. The van der Waals surface area contributed by atoms with Crippen molar-refractivity contribution < 1.29 is 27.5 Å². The molecular formula is C19H22N2O6S. The molecule has 2 aromatic carbocycles. The van der Waals surface area contributed by atoms with E-state index in [2.05, 4.69) is 5.32 Å². The maximum absolute atomic E-state index is 12.6. The van der Waals surface area contributed by atoms with Crippen LogP contribution in [0.2, 0.25) is 0 Å². The molecule has 1 aliphatic rings. The van der Waals surface area contributed by atoms with Crippen LogP contribution in [0.4, 0.5) is 0 Å². The smallest absolute Gasteiger partial charge is 0.264 e. The van der Waals surface area contributed by atoms with E-state index in [-0.39, 0.29) is 22.4 Å². The van der Waals surface area contributed by atoms with Crippen LogP contribution in [0.5, 0.6) is 11.5 Å². The highest BCUT2D eigenvalue weighted by Crippen LogP contribution is 2.32. The molecule has 0 aromatic heterocycles. The molecule has 28 heavy (non-hydrogen) atoms. The van der Waals surface area contributed by atoms with Gasteiger partial charge in [-0.2, -0.15) is 0 Å². The number of hydrogen-bond donors (Lipinski definition) is 1. The largest absolute Gasteiger partial charge is 0.486 e. The zero-order valence-electron chi connectivity index (χ0n) is 15.8. The Balaban J connectivity index is 1.77. The fourth-order valence-electron chi connectivity index (χ4n) is 2.74. The summed E-state index contributed by atoms with van der Waals surface area (Å²) in [7, 11) is -1.30. The highest BCUT2D eigenvalue weighted by molar-refractivity contribution is 7.89. The average Bonchev–Trinajstić information content (AvgIpc) is 2.72. The van der Waals surface area contributed by atoms with Gasteiger partial charge in [0, 0.05) is 12.6 Å². The number of hydroxylamine groups is 1. The van der Waals surface area contributed by atoms with Crippen molar-refractivity contribution in [3.8, 4) is 11.5 Å². The number of fused-ring (bicyclic) bond motifs is 1. The Hall–Kier alpha value is -2.62. The van der Waals surface area contributed by atoms with Crippen molar-refractivity contribution in [1.29, 1.82) is 0 Å². The van der Waals surface area contributed by atoms with Crippen LogP contribution in [-0.4, -0.2) is 46.2 Å². The highest BCUT2D eigenvalue weighted by Gasteiger charge is 2.22. The fraction of sp³-hybridized carbons (Fsp3) is 0.316. The van der Waals surface area contributed by atoms with Crippen LogP contribution in [0, 0.1) is 0 Å². The summed E-state index contributed by atoms with van der Waals surface area (Å²) in [5, 5.41) is 2.87. The van der Waals surface area contributed by atoms with Gasteiger partial charge in [-0.15, -0.1) is 0 Å². The molecule has 2 aromatic rings. The minimum absolute atomic E-state index is 0.0310. The Kier molecular flexibility index (Phi) is 5.87. The Morgan fingerprint density at radius 1 is 1.14 bits per heavy atom. The molecule has 1 unspecified atom stereocenters. The predicted octanol–water partition coefficient (Wildman–Crippen LogP) is 2.13. The van der Waals surface area contributed by atoms with E-state index in [1.54, 1.807) is 12.1 Å². The Morgan fingerprint density at radius 2 is 1.86 bits per heavy atom. The molecule has 150 valence electrons. The minimum Gasteiger partial charge on any atom is -0.486 e. The normalized spacial score (nSPS) is 14.6. The number of benzene rings is 2. The Morgan fingerprint density at radius 3 is 2.57 bits per heavy atom. The van der Waals surface area contributed by atoms with Crippen molar-refractivity contribution in [2.24, 2.45) is 0 Å². The highest BCUT2D eigenvalue weighted by atomic mass is 32.2. The van der Waals surface area contributed by atoms with Crippen LogP contribution < -0.4 is 14.8 Å². The predicted molar refractivity (Wildman–Crippen MR) is 102 cm³/mol. The molecule has 1 aliphatic heterocycles. The molecule has 0 aliphatic carbocycles. The van der Waals surface area contributed by atoms with Gasteiger partial charge in [0.25, 0.3) is 15.9 Å². The molecule has 0 saturated carbocycles. The van der Waals surface area contributed by atoms with E-state index in [1.165, 1.54) is 32.4 Å². The molecule has 9 heteroatoms. The first kappa shape index (κ1) is 20.1. The molecule has 1 heterocycles. The lowest BCUT2D eigenvalue weighted by Gasteiger charge is -2.21. The van der Waals surface area contributed by atoms with Gasteiger partial charge in [-0.3, -0.25) is 9.63 Å². The Labute approximate surface area is 164 Å². The summed E-state index contributed by atoms with van der Waals surface area (Å²) in [5.41, 5.74) is 1.08. The maximum atomic E-state index is 12.6. The molecule has 1 amide bonds. The zero-order valence-corrected chi connectivity index (χ0v) is 16.7. The SMILES string of the molecule is CON(C)S(=O)(=O)c1cccc(C(=O)NC(C)c2ccc3c(c2)OCCO3)c1. The monoisotopic (exact) mass is 406 g/mol. The first-order valence-corrected chi connectivity index (χ1v) is 10.1. The third-order valence-electron chi connectivity index (χ3n) is 4.40. The third-order valence-corrected chi connectivity index (χ3v) is 6.08. The molecule has 1 N–H and O–H groups in total. The van der Waals surface area contributed by atoms with E-state index in [0.29, 0.717) is 24.7 Å². The van der Waals surface area contributed by atoms with Gasteiger partial charge >= 0.3 is 0 Å². The van der Waals surface area contributed by atoms with Crippen molar-refractivity contribution >= 4 is 15.9 Å². The van der Waals surface area contributed by atoms with Crippen molar-refractivity contribution in [3.63, 3.8) is 0 Å². The number of nitrogens with one attached hydrogen (secondary N) is 1. The van der Waals surface area contributed by atoms with Gasteiger partial charge in [0.15, 0.2) is 11.5 Å². The van der Waals surface area contributed by atoms with Gasteiger partial charge in [-0.25, -0.2) is 8.42 Å². The molecule has 0 spiro atoms. The zero-order chi connectivity index (χ0) is 20.3. The number of carbonyl (C=O) groups excluding carboxylic acids is 1. The van der Waals surface area contributed by atoms with Gasteiger partial charge in [0.2, 0.25) is 0 Å². The van der Waals surface area contributed by atoms with E-state index in [9.17, 15) is 13.2 Å². The van der Waals surface area contributed by atoms with E-state index >= 15 is 0 Å². The van der Waals surface area contributed by atoms with Crippen LogP contribution in [0.15, 0.2) is 47.4 Å². The summed E-state index contributed by atoms with van der Waals surface area (Å²) in [4.78, 5) is 17.4. The quantitative estimate of drug-likeness (QED) is 0.739. The van der Waals surface area contributed by atoms with Crippen molar-refractivity contribution in [3.05, 3.63) is 53.6 Å². The lowest BCUT2D eigenvalue weighted by atomic mass is 10.1. The van der Waals surface area contributed by atoms with Crippen molar-refractivity contribution in [1.82, 2.24) is 9.79 Å². The Bertz CT molecular complexity index is 976. The number of amides is 1. The summed E-state index contributed by atoms with van der Waals surface area (Å²) >= 11 is 0. The first-order valence-electron chi connectivity index (χ1n) is 8.66. The van der Waals surface area contributed by atoms with Crippen molar-refractivity contribution in [2.75, 3.05) is 27.4 Å².